The number of carbonyl (C=O) groups excluding carboxylic acids is 1. The Balaban J connectivity index is 2.47. The van der Waals surface area contributed by atoms with Crippen LogP contribution in [0.15, 0.2) is 48.6 Å². The second-order valence-corrected chi connectivity index (χ2v) is 4.28. The molecule has 1 aromatic carbocycles. The molecule has 0 aromatic heterocycles. The molecule has 1 rings (SSSR count). The predicted molar refractivity (Wildman–Crippen MR) is 74.6 cm³/mol. The Kier molecular flexibility index (Phi) is 5.92. The van der Waals surface area contributed by atoms with Crippen LogP contribution < -0.4 is 4.74 Å². The smallest absolute Gasteiger partial charge is 0.338 e. The summed E-state index contributed by atoms with van der Waals surface area (Å²) in [5.41, 5.74) is 1.67. The molecule has 0 spiro atoms. The zero-order chi connectivity index (χ0) is 13.4. The second-order valence-electron chi connectivity index (χ2n) is 4.28. The summed E-state index contributed by atoms with van der Waals surface area (Å²) in [5, 5.41) is 0. The van der Waals surface area contributed by atoms with Gasteiger partial charge in [-0.3, -0.25) is 0 Å². The molecular formula is C16H20O2. The molecule has 0 atom stereocenters. The van der Waals surface area contributed by atoms with Crippen LogP contribution in [-0.4, -0.2) is 5.97 Å². The fourth-order valence-electron chi connectivity index (χ4n) is 1.51. The van der Waals surface area contributed by atoms with E-state index in [1.54, 1.807) is 6.92 Å². The van der Waals surface area contributed by atoms with Crippen LogP contribution in [0, 0.1) is 0 Å². The monoisotopic (exact) mass is 244 g/mol. The molecule has 0 aliphatic carbocycles. The van der Waals surface area contributed by atoms with Crippen LogP contribution in [0.1, 0.15) is 32.3 Å². The highest BCUT2D eigenvalue weighted by Gasteiger charge is 2.04. The molecule has 0 fully saturated rings. The minimum atomic E-state index is -0.379. The van der Waals surface area contributed by atoms with E-state index in [-0.39, 0.29) is 5.97 Å². The molecule has 0 N–H and O–H groups in total. The van der Waals surface area contributed by atoms with Gasteiger partial charge < -0.3 is 4.74 Å². The molecule has 1 aromatic rings. The molecule has 0 amide bonds. The van der Waals surface area contributed by atoms with Gasteiger partial charge in [-0.15, -0.1) is 0 Å². The average molecular weight is 244 g/mol. The molecule has 0 saturated carbocycles. The zero-order valence-corrected chi connectivity index (χ0v) is 11.1. The number of unbranched alkanes of at least 4 members (excludes halogenated alkanes) is 1. The maximum atomic E-state index is 11.3. The first kappa shape index (κ1) is 14.2. The Morgan fingerprint density at radius 3 is 2.56 bits per heavy atom. The topological polar surface area (TPSA) is 26.3 Å². The largest absolute Gasteiger partial charge is 0.423 e. The van der Waals surface area contributed by atoms with Crippen molar-refractivity contribution in [1.29, 1.82) is 0 Å². The Morgan fingerprint density at radius 1 is 1.33 bits per heavy atom. The van der Waals surface area contributed by atoms with Crippen LogP contribution in [0.25, 0.3) is 0 Å². The van der Waals surface area contributed by atoms with Crippen molar-refractivity contribution in [2.24, 2.45) is 0 Å². The van der Waals surface area contributed by atoms with Crippen molar-refractivity contribution in [1.82, 2.24) is 0 Å². The van der Waals surface area contributed by atoms with E-state index in [4.69, 9.17) is 4.74 Å². The lowest BCUT2D eigenvalue weighted by atomic mass is 10.1. The van der Waals surface area contributed by atoms with E-state index < -0.39 is 0 Å². The Labute approximate surface area is 109 Å². The van der Waals surface area contributed by atoms with Gasteiger partial charge in [0.25, 0.3) is 0 Å². The van der Waals surface area contributed by atoms with Gasteiger partial charge in [0, 0.05) is 5.57 Å². The molecule has 0 unspecified atom stereocenters. The van der Waals surface area contributed by atoms with E-state index in [1.807, 2.05) is 31.2 Å². The van der Waals surface area contributed by atoms with E-state index in [0.29, 0.717) is 11.3 Å². The van der Waals surface area contributed by atoms with E-state index >= 15 is 0 Å². The van der Waals surface area contributed by atoms with Crippen molar-refractivity contribution in [3.63, 3.8) is 0 Å². The van der Waals surface area contributed by atoms with Gasteiger partial charge in [-0.2, -0.15) is 0 Å². The Hall–Kier alpha value is -1.83. The quantitative estimate of drug-likeness (QED) is 0.248. The van der Waals surface area contributed by atoms with Gasteiger partial charge in [-0.25, -0.2) is 4.79 Å². The van der Waals surface area contributed by atoms with Crippen molar-refractivity contribution in [2.75, 3.05) is 0 Å². The molecule has 96 valence electrons. The SMILES string of the molecule is C=C(C)C(=O)Oc1ccc(CCCC=CC)cc1. The lowest BCUT2D eigenvalue weighted by Crippen LogP contribution is -2.07. The molecule has 0 aliphatic rings. The molecule has 0 saturated heterocycles. The lowest BCUT2D eigenvalue weighted by molar-refractivity contribution is -0.130. The number of allylic oxidation sites excluding steroid dienone is 2. The van der Waals surface area contributed by atoms with Crippen molar-refractivity contribution in [2.45, 2.75) is 33.1 Å². The molecule has 0 radical (unpaired) electrons. The maximum Gasteiger partial charge on any atom is 0.338 e. The normalized spacial score (nSPS) is 10.6. The van der Waals surface area contributed by atoms with E-state index in [1.165, 1.54) is 5.56 Å². The third-order valence-corrected chi connectivity index (χ3v) is 2.55. The van der Waals surface area contributed by atoms with Gasteiger partial charge >= 0.3 is 5.97 Å². The summed E-state index contributed by atoms with van der Waals surface area (Å²) < 4.78 is 5.12. The third kappa shape index (κ3) is 5.00. The molecule has 2 heteroatoms. The van der Waals surface area contributed by atoms with Crippen molar-refractivity contribution >= 4 is 5.97 Å². The van der Waals surface area contributed by atoms with Crippen molar-refractivity contribution < 1.29 is 9.53 Å². The highest BCUT2D eigenvalue weighted by atomic mass is 16.5. The van der Waals surface area contributed by atoms with Crippen LogP contribution in [-0.2, 0) is 11.2 Å². The van der Waals surface area contributed by atoms with E-state index in [2.05, 4.69) is 18.7 Å². The first-order chi connectivity index (χ1) is 8.63. The lowest BCUT2D eigenvalue weighted by Gasteiger charge is -2.05. The summed E-state index contributed by atoms with van der Waals surface area (Å²) >= 11 is 0. The minimum absolute atomic E-state index is 0.379. The van der Waals surface area contributed by atoms with Crippen molar-refractivity contribution in [3.8, 4) is 5.75 Å². The fourth-order valence-corrected chi connectivity index (χ4v) is 1.51. The summed E-state index contributed by atoms with van der Waals surface area (Å²) in [6.07, 6.45) is 7.51. The first-order valence-corrected chi connectivity index (χ1v) is 6.21. The average Bonchev–Trinajstić information content (AvgIpc) is 2.36. The third-order valence-electron chi connectivity index (χ3n) is 2.55. The number of carbonyl (C=O) groups is 1. The van der Waals surface area contributed by atoms with Gasteiger partial charge in [0.05, 0.1) is 0 Å². The minimum Gasteiger partial charge on any atom is -0.423 e. The summed E-state index contributed by atoms with van der Waals surface area (Å²) in [6.45, 7) is 7.22. The van der Waals surface area contributed by atoms with E-state index in [0.717, 1.165) is 19.3 Å². The zero-order valence-electron chi connectivity index (χ0n) is 11.1. The van der Waals surface area contributed by atoms with Crippen LogP contribution >= 0.6 is 0 Å². The highest BCUT2D eigenvalue weighted by Crippen LogP contribution is 2.15. The van der Waals surface area contributed by atoms with Gasteiger partial charge in [0.1, 0.15) is 5.75 Å². The molecular weight excluding hydrogens is 224 g/mol. The molecule has 0 bridgehead atoms. The maximum absolute atomic E-state index is 11.3. The van der Waals surface area contributed by atoms with Crippen LogP contribution in [0.2, 0.25) is 0 Å². The number of ether oxygens (including phenoxy) is 1. The molecule has 18 heavy (non-hydrogen) atoms. The van der Waals surface area contributed by atoms with Gasteiger partial charge in [0.2, 0.25) is 0 Å². The second kappa shape index (κ2) is 7.49. The predicted octanol–water partition coefficient (Wildman–Crippen LogP) is 4.07. The number of esters is 1. The van der Waals surface area contributed by atoms with Crippen LogP contribution in [0.4, 0.5) is 0 Å². The van der Waals surface area contributed by atoms with Crippen LogP contribution in [0.3, 0.4) is 0 Å². The van der Waals surface area contributed by atoms with Crippen LogP contribution in [0.5, 0.6) is 5.75 Å². The molecule has 0 aliphatic heterocycles. The number of hydrogen-bond acceptors (Lipinski definition) is 2. The molecule has 2 nitrogen and oxygen atoms in total. The Bertz CT molecular complexity index is 427. The summed E-state index contributed by atoms with van der Waals surface area (Å²) in [5.74, 6) is 0.191. The number of rotatable bonds is 6. The van der Waals surface area contributed by atoms with Gasteiger partial charge in [-0.05, 0) is 50.8 Å². The summed E-state index contributed by atoms with van der Waals surface area (Å²) in [4.78, 5) is 11.3. The fraction of sp³-hybridized carbons (Fsp3) is 0.312. The summed E-state index contributed by atoms with van der Waals surface area (Å²) in [6, 6.07) is 7.64. The summed E-state index contributed by atoms with van der Waals surface area (Å²) in [7, 11) is 0. The van der Waals surface area contributed by atoms with Gasteiger partial charge in [0.15, 0.2) is 0 Å². The first-order valence-electron chi connectivity index (χ1n) is 6.21. The number of aryl methyl sites for hydroxylation is 1. The number of hydrogen-bond donors (Lipinski definition) is 0. The van der Waals surface area contributed by atoms with E-state index in [9.17, 15) is 4.79 Å². The number of benzene rings is 1. The highest BCUT2D eigenvalue weighted by molar-refractivity contribution is 5.88. The van der Waals surface area contributed by atoms with Gasteiger partial charge in [-0.1, -0.05) is 30.9 Å². The molecule has 0 heterocycles. The van der Waals surface area contributed by atoms with Crippen molar-refractivity contribution in [3.05, 3.63) is 54.1 Å². The standard InChI is InChI=1S/C16H20O2/c1-4-5-6-7-8-14-9-11-15(12-10-14)18-16(17)13(2)3/h4-5,9-12H,2,6-8H2,1,3H3. The Morgan fingerprint density at radius 2 is 2.00 bits per heavy atom.